The first-order chi connectivity index (χ1) is 12.2. The van der Waals surface area contributed by atoms with E-state index in [1.165, 1.54) is 6.08 Å². The molecular formula is C19H21N3O2S2. The van der Waals surface area contributed by atoms with Crippen molar-refractivity contribution in [3.8, 4) is 0 Å². The molecule has 0 aliphatic rings. The Morgan fingerprint density at radius 1 is 1.15 bits per heavy atom. The van der Waals surface area contributed by atoms with Crippen LogP contribution in [0.3, 0.4) is 0 Å². The first-order valence-electron chi connectivity index (χ1n) is 7.99. The minimum atomic E-state index is -0.322. The van der Waals surface area contributed by atoms with E-state index in [9.17, 15) is 9.59 Å². The molecule has 0 saturated carbocycles. The van der Waals surface area contributed by atoms with E-state index < -0.39 is 0 Å². The maximum absolute atomic E-state index is 12.2. The molecule has 7 heteroatoms. The Kier molecular flexibility index (Phi) is 6.65. The fourth-order valence-corrected chi connectivity index (χ4v) is 2.85. The third-order valence-electron chi connectivity index (χ3n) is 3.05. The maximum atomic E-state index is 12.2. The van der Waals surface area contributed by atoms with Crippen molar-refractivity contribution < 1.29 is 9.59 Å². The van der Waals surface area contributed by atoms with E-state index in [1.807, 2.05) is 38.3 Å². The number of benzene rings is 1. The van der Waals surface area contributed by atoms with E-state index in [0.717, 1.165) is 4.88 Å². The smallest absolute Gasteiger partial charge is 0.251 e. The van der Waals surface area contributed by atoms with Gasteiger partial charge in [-0.05, 0) is 68.7 Å². The molecule has 0 aliphatic heterocycles. The summed E-state index contributed by atoms with van der Waals surface area (Å²) in [6.45, 7) is 5.75. The fourth-order valence-electron chi connectivity index (χ4n) is 2.01. The van der Waals surface area contributed by atoms with Gasteiger partial charge in [-0.1, -0.05) is 12.1 Å². The zero-order chi connectivity index (χ0) is 19.2. The van der Waals surface area contributed by atoms with E-state index in [-0.39, 0.29) is 22.5 Å². The fraction of sp³-hybridized carbons (Fsp3) is 0.211. The van der Waals surface area contributed by atoms with Crippen LogP contribution in [0.2, 0.25) is 0 Å². The highest BCUT2D eigenvalue weighted by molar-refractivity contribution is 7.80. The van der Waals surface area contributed by atoms with Gasteiger partial charge in [-0.25, -0.2) is 0 Å². The highest BCUT2D eigenvalue weighted by atomic mass is 32.1. The highest BCUT2D eigenvalue weighted by Gasteiger charge is 2.15. The van der Waals surface area contributed by atoms with Crippen LogP contribution in [0, 0.1) is 0 Å². The van der Waals surface area contributed by atoms with Crippen molar-refractivity contribution in [1.29, 1.82) is 0 Å². The lowest BCUT2D eigenvalue weighted by atomic mass is 10.1. The minimum Gasteiger partial charge on any atom is -0.347 e. The molecule has 0 fully saturated rings. The zero-order valence-corrected chi connectivity index (χ0v) is 16.5. The predicted molar refractivity (Wildman–Crippen MR) is 111 cm³/mol. The standard InChI is InChI=1S/C19H21N3O2S2/c1-19(2,3)22-17(24)13-6-4-7-14(12-13)20-18(25)21-16(23)10-9-15-8-5-11-26-15/h4-12H,1-3H3,(H,22,24)(H2,20,21,23,25)/b10-9+. The molecule has 2 aromatic rings. The van der Waals surface area contributed by atoms with Crippen LogP contribution < -0.4 is 16.0 Å². The van der Waals surface area contributed by atoms with Crippen LogP contribution in [0.25, 0.3) is 6.08 Å². The predicted octanol–water partition coefficient (Wildman–Crippen LogP) is 3.80. The van der Waals surface area contributed by atoms with Crippen molar-refractivity contribution in [1.82, 2.24) is 10.6 Å². The normalized spacial score (nSPS) is 11.2. The number of anilines is 1. The van der Waals surface area contributed by atoms with Gasteiger partial charge < -0.3 is 10.6 Å². The second-order valence-corrected chi connectivity index (χ2v) is 7.96. The monoisotopic (exact) mass is 387 g/mol. The molecular weight excluding hydrogens is 366 g/mol. The molecule has 5 nitrogen and oxygen atoms in total. The van der Waals surface area contributed by atoms with E-state index in [1.54, 1.807) is 41.7 Å². The quantitative estimate of drug-likeness (QED) is 0.551. The van der Waals surface area contributed by atoms with Crippen LogP contribution in [-0.2, 0) is 4.79 Å². The lowest BCUT2D eigenvalue weighted by molar-refractivity contribution is -0.115. The first kappa shape index (κ1) is 19.8. The summed E-state index contributed by atoms with van der Waals surface area (Å²) in [5.41, 5.74) is 0.814. The summed E-state index contributed by atoms with van der Waals surface area (Å²) in [5, 5.41) is 10.5. The van der Waals surface area contributed by atoms with Gasteiger partial charge in [-0.2, -0.15) is 0 Å². The third-order valence-corrected chi connectivity index (χ3v) is 4.09. The molecule has 0 spiro atoms. The van der Waals surface area contributed by atoms with Crippen LogP contribution >= 0.6 is 23.6 Å². The molecule has 0 bridgehead atoms. The molecule has 1 aromatic heterocycles. The largest absolute Gasteiger partial charge is 0.347 e. The average Bonchev–Trinajstić information content (AvgIpc) is 3.05. The summed E-state index contributed by atoms with van der Waals surface area (Å²) in [7, 11) is 0. The Morgan fingerprint density at radius 2 is 1.92 bits per heavy atom. The van der Waals surface area contributed by atoms with Crippen molar-refractivity contribution in [2.24, 2.45) is 0 Å². The summed E-state index contributed by atoms with van der Waals surface area (Å²) in [6, 6.07) is 10.8. The van der Waals surface area contributed by atoms with Crippen molar-refractivity contribution in [2.45, 2.75) is 26.3 Å². The summed E-state index contributed by atoms with van der Waals surface area (Å²) in [5.74, 6) is -0.493. The van der Waals surface area contributed by atoms with Gasteiger partial charge in [0, 0.05) is 27.7 Å². The summed E-state index contributed by atoms with van der Waals surface area (Å²) < 4.78 is 0. The van der Waals surface area contributed by atoms with Crippen LogP contribution in [-0.4, -0.2) is 22.5 Å². The number of nitrogens with one attached hydrogen (secondary N) is 3. The van der Waals surface area contributed by atoms with E-state index in [4.69, 9.17) is 12.2 Å². The molecule has 136 valence electrons. The molecule has 0 unspecified atom stereocenters. The van der Waals surface area contributed by atoms with E-state index in [0.29, 0.717) is 11.3 Å². The SMILES string of the molecule is CC(C)(C)NC(=O)c1cccc(NC(=S)NC(=O)/C=C/c2cccs2)c1. The number of hydrogen-bond donors (Lipinski definition) is 3. The molecule has 26 heavy (non-hydrogen) atoms. The number of thiophene rings is 1. The van der Waals surface area contributed by atoms with Crippen LogP contribution in [0.4, 0.5) is 5.69 Å². The lowest BCUT2D eigenvalue weighted by Crippen LogP contribution is -2.40. The molecule has 0 aliphatic carbocycles. The van der Waals surface area contributed by atoms with Crippen molar-refractivity contribution in [2.75, 3.05) is 5.32 Å². The Bertz CT molecular complexity index is 822. The third kappa shape index (κ3) is 6.78. The number of thiocarbonyl (C=S) groups is 1. The minimum absolute atomic E-state index is 0.166. The summed E-state index contributed by atoms with van der Waals surface area (Å²) in [4.78, 5) is 25.1. The van der Waals surface area contributed by atoms with Crippen molar-refractivity contribution >= 4 is 52.2 Å². The Labute approximate surface area is 162 Å². The second kappa shape index (κ2) is 8.73. The Balaban J connectivity index is 1.93. The number of carbonyl (C=O) groups is 2. The molecule has 0 saturated heterocycles. The number of amides is 2. The van der Waals surface area contributed by atoms with Crippen molar-refractivity contribution in [3.05, 3.63) is 58.3 Å². The number of carbonyl (C=O) groups excluding carboxylic acids is 2. The topological polar surface area (TPSA) is 70.2 Å². The van der Waals surface area contributed by atoms with Gasteiger partial charge in [0.05, 0.1) is 0 Å². The maximum Gasteiger partial charge on any atom is 0.251 e. The van der Waals surface area contributed by atoms with Gasteiger partial charge >= 0.3 is 0 Å². The van der Waals surface area contributed by atoms with Gasteiger partial charge in [0.2, 0.25) is 5.91 Å². The first-order valence-corrected chi connectivity index (χ1v) is 9.28. The van der Waals surface area contributed by atoms with Gasteiger partial charge in [-0.15, -0.1) is 11.3 Å². The van der Waals surface area contributed by atoms with Gasteiger partial charge in [0.25, 0.3) is 5.91 Å². The van der Waals surface area contributed by atoms with E-state index in [2.05, 4.69) is 16.0 Å². The molecule has 2 rings (SSSR count). The van der Waals surface area contributed by atoms with Gasteiger partial charge in [0.15, 0.2) is 5.11 Å². The van der Waals surface area contributed by atoms with Crippen molar-refractivity contribution in [3.63, 3.8) is 0 Å². The number of rotatable bonds is 4. The van der Waals surface area contributed by atoms with Gasteiger partial charge in [-0.3, -0.25) is 14.9 Å². The molecule has 0 radical (unpaired) electrons. The van der Waals surface area contributed by atoms with Crippen LogP contribution in [0.15, 0.2) is 47.9 Å². The average molecular weight is 388 g/mol. The van der Waals surface area contributed by atoms with Crippen LogP contribution in [0.5, 0.6) is 0 Å². The second-order valence-electron chi connectivity index (χ2n) is 6.58. The summed E-state index contributed by atoms with van der Waals surface area (Å²) in [6.07, 6.45) is 3.15. The summed E-state index contributed by atoms with van der Waals surface area (Å²) >= 11 is 6.69. The van der Waals surface area contributed by atoms with Crippen LogP contribution in [0.1, 0.15) is 36.0 Å². The zero-order valence-electron chi connectivity index (χ0n) is 14.8. The van der Waals surface area contributed by atoms with Gasteiger partial charge in [0.1, 0.15) is 0 Å². The molecule has 1 aromatic carbocycles. The molecule has 0 atom stereocenters. The lowest BCUT2D eigenvalue weighted by Gasteiger charge is -2.20. The Hall–Kier alpha value is -2.51. The number of hydrogen-bond acceptors (Lipinski definition) is 4. The van der Waals surface area contributed by atoms with E-state index >= 15 is 0 Å². The molecule has 3 N–H and O–H groups in total. The molecule has 2 amide bonds. The Morgan fingerprint density at radius 3 is 2.58 bits per heavy atom. The highest BCUT2D eigenvalue weighted by Crippen LogP contribution is 2.12. The molecule has 1 heterocycles.